The van der Waals surface area contributed by atoms with Crippen LogP contribution in [0.1, 0.15) is 24.1 Å². The molecule has 0 radical (unpaired) electrons. The molecule has 1 heterocycles. The minimum Gasteiger partial charge on any atom is -0.507 e. The van der Waals surface area contributed by atoms with Crippen molar-refractivity contribution < 1.29 is 24.2 Å². The molecule has 2 N–H and O–H groups in total. The Bertz CT molecular complexity index is 1420. The van der Waals surface area contributed by atoms with Crippen LogP contribution in [-0.4, -0.2) is 43.9 Å². The number of aliphatic hydroxyl groups is 1. The normalized spacial score (nSPS) is 16.6. The number of halogens is 1. The van der Waals surface area contributed by atoms with Crippen LogP contribution in [0.5, 0.6) is 5.75 Å². The summed E-state index contributed by atoms with van der Waals surface area (Å²) >= 11 is 6.18. The third kappa shape index (κ3) is 5.01. The lowest BCUT2D eigenvalue weighted by Crippen LogP contribution is -2.29. The highest BCUT2D eigenvalue weighted by Gasteiger charge is 2.47. The molecule has 1 atom stereocenters. The second kappa shape index (κ2) is 10.4. The number of ether oxygens (including phenoxy) is 1. The van der Waals surface area contributed by atoms with Crippen molar-refractivity contribution in [3.8, 4) is 5.75 Å². The van der Waals surface area contributed by atoms with Crippen LogP contribution in [0, 0.1) is 0 Å². The van der Waals surface area contributed by atoms with Gasteiger partial charge in [0.25, 0.3) is 11.7 Å². The first-order valence-electron chi connectivity index (χ1n) is 11.4. The number of rotatable bonds is 6. The topological polar surface area (TPSA) is 99.2 Å². The summed E-state index contributed by atoms with van der Waals surface area (Å²) in [7, 11) is 5.24. The van der Waals surface area contributed by atoms with Crippen molar-refractivity contribution in [1.82, 2.24) is 0 Å². The van der Waals surface area contributed by atoms with Crippen molar-refractivity contribution in [1.29, 1.82) is 0 Å². The van der Waals surface area contributed by atoms with Gasteiger partial charge in [0, 0.05) is 43.1 Å². The molecule has 0 saturated carbocycles. The van der Waals surface area contributed by atoms with Crippen LogP contribution in [0.4, 0.5) is 17.1 Å². The van der Waals surface area contributed by atoms with Gasteiger partial charge in [-0.05, 0) is 54.1 Å². The summed E-state index contributed by atoms with van der Waals surface area (Å²) in [6.45, 7) is 1.38. The van der Waals surface area contributed by atoms with E-state index in [9.17, 15) is 19.5 Å². The molecule has 0 bridgehead atoms. The standard InChI is InChI=1S/C28H26ClN3O5/c1-16(33)30-19-6-5-7-21(15-19)32-25(17-8-11-20(12-9-17)31(2)3)24(27(35)28(32)36)26(34)22-14-18(29)10-13-23(22)37-4/h5-15,25,34H,1-4H3,(H,30,33)/b26-24+. The Labute approximate surface area is 219 Å². The predicted molar refractivity (Wildman–Crippen MR) is 144 cm³/mol. The molecule has 1 aliphatic heterocycles. The molecule has 1 fully saturated rings. The van der Waals surface area contributed by atoms with Gasteiger partial charge in [0.1, 0.15) is 11.5 Å². The zero-order valence-electron chi connectivity index (χ0n) is 20.8. The van der Waals surface area contributed by atoms with Crippen LogP contribution < -0.4 is 19.9 Å². The van der Waals surface area contributed by atoms with E-state index in [1.807, 2.05) is 31.1 Å². The van der Waals surface area contributed by atoms with E-state index in [0.717, 1.165) is 5.69 Å². The van der Waals surface area contributed by atoms with Gasteiger partial charge in [0.05, 0.1) is 24.3 Å². The predicted octanol–water partition coefficient (Wildman–Crippen LogP) is 5.00. The second-order valence-corrected chi connectivity index (χ2v) is 9.17. The van der Waals surface area contributed by atoms with Gasteiger partial charge in [-0.15, -0.1) is 0 Å². The highest BCUT2D eigenvalue weighted by Crippen LogP contribution is 2.44. The number of Topliss-reactive ketones (excluding diaryl/α,β-unsaturated/α-hetero) is 1. The number of hydrogen-bond acceptors (Lipinski definition) is 6. The van der Waals surface area contributed by atoms with E-state index in [-0.39, 0.29) is 17.0 Å². The third-order valence-electron chi connectivity index (χ3n) is 6.03. The van der Waals surface area contributed by atoms with Gasteiger partial charge in [-0.2, -0.15) is 0 Å². The Balaban J connectivity index is 1.95. The Hall–Kier alpha value is -4.30. The molecule has 4 rings (SSSR count). The zero-order valence-corrected chi connectivity index (χ0v) is 21.5. The van der Waals surface area contributed by atoms with Gasteiger partial charge >= 0.3 is 0 Å². The van der Waals surface area contributed by atoms with Crippen LogP contribution in [0.15, 0.2) is 72.3 Å². The Kier molecular flexibility index (Phi) is 7.22. The Morgan fingerprint density at radius 2 is 1.76 bits per heavy atom. The van der Waals surface area contributed by atoms with Gasteiger partial charge in [0.15, 0.2) is 0 Å². The first-order valence-corrected chi connectivity index (χ1v) is 11.8. The quantitative estimate of drug-likeness (QED) is 0.270. The van der Waals surface area contributed by atoms with Gasteiger partial charge in [-0.1, -0.05) is 29.8 Å². The molecule has 3 aromatic rings. The maximum Gasteiger partial charge on any atom is 0.300 e. The maximum absolute atomic E-state index is 13.4. The maximum atomic E-state index is 13.4. The van der Waals surface area contributed by atoms with E-state index < -0.39 is 23.5 Å². The highest BCUT2D eigenvalue weighted by atomic mass is 35.5. The molecule has 2 amide bonds. The smallest absolute Gasteiger partial charge is 0.300 e. The molecule has 190 valence electrons. The summed E-state index contributed by atoms with van der Waals surface area (Å²) in [5, 5.41) is 14.4. The molecule has 9 heteroatoms. The second-order valence-electron chi connectivity index (χ2n) is 8.73. The van der Waals surface area contributed by atoms with E-state index in [4.69, 9.17) is 16.3 Å². The molecule has 8 nitrogen and oxygen atoms in total. The summed E-state index contributed by atoms with van der Waals surface area (Å²) in [5.74, 6) is -2.05. The lowest BCUT2D eigenvalue weighted by Gasteiger charge is -2.26. The number of nitrogens with zero attached hydrogens (tertiary/aromatic N) is 2. The van der Waals surface area contributed by atoms with E-state index in [1.165, 1.54) is 25.0 Å². The number of amides is 2. The molecule has 3 aromatic carbocycles. The van der Waals surface area contributed by atoms with Crippen LogP contribution in [-0.2, 0) is 14.4 Å². The van der Waals surface area contributed by atoms with E-state index in [1.54, 1.807) is 48.5 Å². The number of anilines is 3. The lowest BCUT2D eigenvalue weighted by atomic mass is 9.94. The summed E-state index contributed by atoms with van der Waals surface area (Å²) in [6, 6.07) is 17.7. The van der Waals surface area contributed by atoms with Gasteiger partial charge in [-0.25, -0.2) is 0 Å². The van der Waals surface area contributed by atoms with Crippen LogP contribution in [0.3, 0.4) is 0 Å². The summed E-state index contributed by atoms with van der Waals surface area (Å²) < 4.78 is 5.38. The van der Waals surface area contributed by atoms with Crippen molar-refractivity contribution in [2.75, 3.05) is 36.3 Å². The van der Waals surface area contributed by atoms with E-state index >= 15 is 0 Å². The van der Waals surface area contributed by atoms with Crippen LogP contribution in [0.2, 0.25) is 5.02 Å². The number of benzene rings is 3. The van der Waals surface area contributed by atoms with Crippen LogP contribution in [0.25, 0.3) is 5.76 Å². The van der Waals surface area contributed by atoms with Gasteiger partial charge < -0.3 is 20.1 Å². The van der Waals surface area contributed by atoms with Crippen molar-refractivity contribution in [3.63, 3.8) is 0 Å². The summed E-state index contributed by atoms with van der Waals surface area (Å²) in [4.78, 5) is 41.7. The molecule has 0 aromatic heterocycles. The molecule has 1 aliphatic rings. The average molecular weight is 520 g/mol. The number of nitrogens with one attached hydrogen (secondary N) is 1. The molecule has 0 spiro atoms. The minimum absolute atomic E-state index is 0.104. The number of methoxy groups -OCH3 is 1. The summed E-state index contributed by atoms with van der Waals surface area (Å²) in [6.07, 6.45) is 0. The fourth-order valence-corrected chi connectivity index (χ4v) is 4.49. The zero-order chi connectivity index (χ0) is 26.9. The Morgan fingerprint density at radius 1 is 1.05 bits per heavy atom. The number of carbonyl (C=O) groups is 3. The minimum atomic E-state index is -0.951. The van der Waals surface area contributed by atoms with Crippen LogP contribution >= 0.6 is 11.6 Å². The van der Waals surface area contributed by atoms with Crippen molar-refractivity contribution in [3.05, 3.63) is 88.5 Å². The molecule has 1 saturated heterocycles. The number of carbonyl (C=O) groups excluding carboxylic acids is 3. The number of hydrogen-bond donors (Lipinski definition) is 2. The molecule has 37 heavy (non-hydrogen) atoms. The molecular formula is C28H26ClN3O5. The van der Waals surface area contributed by atoms with Crippen molar-refractivity contribution >= 4 is 52.0 Å². The monoisotopic (exact) mass is 519 g/mol. The SMILES string of the molecule is COc1ccc(Cl)cc1/C(O)=C1\C(=O)C(=O)N(c2cccc(NC(C)=O)c2)C1c1ccc(N(C)C)cc1. The average Bonchev–Trinajstić information content (AvgIpc) is 3.13. The Morgan fingerprint density at radius 3 is 2.38 bits per heavy atom. The first kappa shape index (κ1) is 25.8. The fourth-order valence-electron chi connectivity index (χ4n) is 4.32. The highest BCUT2D eigenvalue weighted by molar-refractivity contribution is 6.51. The number of ketones is 1. The number of aliphatic hydroxyl groups excluding tert-OH is 1. The first-order chi connectivity index (χ1) is 17.6. The van der Waals surface area contributed by atoms with Gasteiger partial charge in [-0.3, -0.25) is 19.3 Å². The summed E-state index contributed by atoms with van der Waals surface area (Å²) in [5.41, 5.74) is 2.46. The molecule has 0 aliphatic carbocycles. The molecule has 1 unspecified atom stereocenters. The molecular weight excluding hydrogens is 494 g/mol. The van der Waals surface area contributed by atoms with Crippen molar-refractivity contribution in [2.24, 2.45) is 0 Å². The van der Waals surface area contributed by atoms with E-state index in [0.29, 0.717) is 27.7 Å². The van der Waals surface area contributed by atoms with E-state index in [2.05, 4.69) is 5.32 Å². The van der Waals surface area contributed by atoms with Crippen molar-refractivity contribution in [2.45, 2.75) is 13.0 Å². The lowest BCUT2D eigenvalue weighted by molar-refractivity contribution is -0.132. The largest absolute Gasteiger partial charge is 0.507 e. The van der Waals surface area contributed by atoms with Gasteiger partial charge in [0.2, 0.25) is 5.91 Å². The fraction of sp³-hybridized carbons (Fsp3) is 0.179. The third-order valence-corrected chi connectivity index (χ3v) is 6.27.